The Morgan fingerprint density at radius 2 is 0.955 bits per heavy atom. The van der Waals surface area contributed by atoms with Crippen molar-refractivity contribution < 1.29 is 21.5 Å². The maximum Gasteiger partial charge on any atom is 0.0798 e. The van der Waals surface area contributed by atoms with Gasteiger partial charge in [0.15, 0.2) is 0 Å². The van der Waals surface area contributed by atoms with Gasteiger partial charge in [-0.25, -0.2) is 0 Å². The zero-order valence-electron chi connectivity index (χ0n) is 15.5. The van der Waals surface area contributed by atoms with Crippen LogP contribution >= 0.6 is 11.6 Å². The van der Waals surface area contributed by atoms with Crippen molar-refractivity contribution >= 4 is 11.6 Å². The molecule has 0 N–H and O–H groups in total. The molecule has 0 aliphatic carbocycles. The maximum atomic E-state index is 6.00. The molecule has 0 amide bonds. The van der Waals surface area contributed by atoms with Crippen LogP contribution in [-0.4, -0.2) is 36.5 Å². The van der Waals surface area contributed by atoms with Crippen LogP contribution in [0.15, 0.2) is 0 Å². The molecule has 0 saturated carbocycles. The fourth-order valence-electron chi connectivity index (χ4n) is 3.31. The number of nitrogens with zero attached hydrogens (tertiary/aromatic N) is 1. The molecule has 136 valence electrons. The molecule has 0 heterocycles. The first-order valence-electron chi connectivity index (χ1n) is 9.65. The minimum absolute atomic E-state index is 0. The summed E-state index contributed by atoms with van der Waals surface area (Å²) < 4.78 is 1.36. The van der Waals surface area contributed by atoms with E-state index >= 15 is 0 Å². The lowest BCUT2D eigenvalue weighted by Gasteiger charge is -2.39. The molecule has 1 nitrogen and oxygen atoms in total. The van der Waals surface area contributed by atoms with Crippen LogP contribution in [0, 0.1) is 0 Å². The van der Waals surface area contributed by atoms with Crippen molar-refractivity contribution in [1.82, 2.24) is 0 Å². The van der Waals surface area contributed by atoms with Gasteiger partial charge in [0, 0.05) is 12.3 Å². The smallest absolute Gasteiger partial charge is 0.0798 e. The summed E-state index contributed by atoms with van der Waals surface area (Å²) in [5.41, 5.74) is 0. The SMILES string of the molecule is CCCCCC[N+](CCCC)(CCCCl)CCCCCC.[Br-]. The van der Waals surface area contributed by atoms with Gasteiger partial charge < -0.3 is 21.5 Å². The van der Waals surface area contributed by atoms with E-state index in [1.165, 1.54) is 101 Å². The predicted octanol–water partition coefficient (Wildman–Crippen LogP) is 3.40. The highest BCUT2D eigenvalue weighted by Gasteiger charge is 2.25. The summed E-state index contributed by atoms with van der Waals surface area (Å²) in [7, 11) is 0. The Morgan fingerprint density at radius 3 is 1.36 bits per heavy atom. The third-order valence-electron chi connectivity index (χ3n) is 4.72. The van der Waals surface area contributed by atoms with Gasteiger partial charge in [-0.2, -0.15) is 0 Å². The molecule has 22 heavy (non-hydrogen) atoms. The molecule has 0 aromatic rings. The topological polar surface area (TPSA) is 0 Å². The van der Waals surface area contributed by atoms with Gasteiger partial charge >= 0.3 is 0 Å². The Hall–Kier alpha value is 0.730. The second-order valence-corrected chi connectivity index (χ2v) is 7.13. The average Bonchev–Trinajstić information content (AvgIpc) is 2.51. The van der Waals surface area contributed by atoms with Crippen LogP contribution in [-0.2, 0) is 0 Å². The summed E-state index contributed by atoms with van der Waals surface area (Å²) in [6, 6.07) is 0. The van der Waals surface area contributed by atoms with Crippen molar-refractivity contribution in [3.63, 3.8) is 0 Å². The van der Waals surface area contributed by atoms with Crippen LogP contribution < -0.4 is 17.0 Å². The van der Waals surface area contributed by atoms with Crippen LogP contribution in [0.3, 0.4) is 0 Å². The zero-order valence-corrected chi connectivity index (χ0v) is 17.9. The molecule has 0 radical (unpaired) electrons. The van der Waals surface area contributed by atoms with E-state index in [-0.39, 0.29) is 17.0 Å². The number of halogens is 2. The van der Waals surface area contributed by atoms with E-state index in [1.54, 1.807) is 0 Å². The molecule has 0 aliphatic rings. The number of hydrogen-bond acceptors (Lipinski definition) is 0. The Balaban J connectivity index is 0. The maximum absolute atomic E-state index is 6.00. The lowest BCUT2D eigenvalue weighted by Crippen LogP contribution is -3.00. The molecule has 0 atom stereocenters. The number of unbranched alkanes of at least 4 members (excludes halogenated alkanes) is 7. The van der Waals surface area contributed by atoms with Gasteiger partial charge in [-0.1, -0.05) is 52.9 Å². The summed E-state index contributed by atoms with van der Waals surface area (Å²) >= 11 is 6.00. The van der Waals surface area contributed by atoms with Crippen LogP contribution in [0.1, 0.15) is 91.4 Å². The summed E-state index contributed by atoms with van der Waals surface area (Å²) in [6.07, 6.45) is 15.0. The predicted molar refractivity (Wildman–Crippen MR) is 98.3 cm³/mol. The number of hydrogen-bond donors (Lipinski definition) is 0. The van der Waals surface area contributed by atoms with E-state index in [1.807, 2.05) is 0 Å². The summed E-state index contributed by atoms with van der Waals surface area (Å²) in [5, 5.41) is 0. The molecule has 3 heteroatoms. The Morgan fingerprint density at radius 1 is 0.545 bits per heavy atom. The van der Waals surface area contributed by atoms with E-state index < -0.39 is 0 Å². The zero-order chi connectivity index (χ0) is 15.8. The minimum Gasteiger partial charge on any atom is -1.00 e. The van der Waals surface area contributed by atoms with Crippen molar-refractivity contribution in [1.29, 1.82) is 0 Å². The van der Waals surface area contributed by atoms with Gasteiger partial charge in [0.2, 0.25) is 0 Å². The normalized spacial score (nSPS) is 11.5. The fourth-order valence-corrected chi connectivity index (χ4v) is 3.43. The van der Waals surface area contributed by atoms with E-state index in [9.17, 15) is 0 Å². The molecule has 0 aromatic heterocycles. The lowest BCUT2D eigenvalue weighted by atomic mass is 10.1. The molecule has 0 bridgehead atoms. The molecule has 0 spiro atoms. The first-order chi connectivity index (χ1) is 10.2. The lowest BCUT2D eigenvalue weighted by molar-refractivity contribution is -0.928. The second-order valence-electron chi connectivity index (χ2n) is 6.75. The van der Waals surface area contributed by atoms with Crippen molar-refractivity contribution in [2.75, 3.05) is 32.1 Å². The monoisotopic (exact) mass is 397 g/mol. The molecule has 0 unspecified atom stereocenters. The molecule has 0 fully saturated rings. The number of rotatable bonds is 16. The highest BCUT2D eigenvalue weighted by Crippen LogP contribution is 2.17. The largest absolute Gasteiger partial charge is 1.00 e. The van der Waals surface area contributed by atoms with Crippen molar-refractivity contribution in [3.05, 3.63) is 0 Å². The molecule has 0 aliphatic heterocycles. The van der Waals surface area contributed by atoms with Crippen molar-refractivity contribution in [2.45, 2.75) is 91.4 Å². The fraction of sp³-hybridized carbons (Fsp3) is 1.00. The van der Waals surface area contributed by atoms with E-state index in [0.717, 1.165) is 5.88 Å². The molecule has 0 rings (SSSR count). The highest BCUT2D eigenvalue weighted by molar-refractivity contribution is 6.17. The van der Waals surface area contributed by atoms with Crippen molar-refractivity contribution in [3.8, 4) is 0 Å². The van der Waals surface area contributed by atoms with E-state index in [4.69, 9.17) is 11.6 Å². The summed E-state index contributed by atoms with van der Waals surface area (Å²) in [4.78, 5) is 0. The third kappa shape index (κ3) is 13.2. The Labute approximate surface area is 156 Å². The Bertz CT molecular complexity index is 190. The van der Waals surface area contributed by atoms with Crippen LogP contribution in [0.4, 0.5) is 0 Å². The van der Waals surface area contributed by atoms with Gasteiger partial charge in [0.1, 0.15) is 0 Å². The third-order valence-corrected chi connectivity index (χ3v) is 4.99. The first kappa shape index (κ1) is 25.0. The van der Waals surface area contributed by atoms with Gasteiger partial charge in [-0.3, -0.25) is 0 Å². The van der Waals surface area contributed by atoms with Crippen LogP contribution in [0.25, 0.3) is 0 Å². The van der Waals surface area contributed by atoms with Crippen LogP contribution in [0.5, 0.6) is 0 Å². The van der Waals surface area contributed by atoms with E-state index in [2.05, 4.69) is 20.8 Å². The highest BCUT2D eigenvalue weighted by atomic mass is 79.9. The van der Waals surface area contributed by atoms with Gasteiger partial charge in [0.25, 0.3) is 0 Å². The van der Waals surface area contributed by atoms with Gasteiger partial charge in [-0.15, -0.1) is 11.6 Å². The van der Waals surface area contributed by atoms with Gasteiger partial charge in [-0.05, 0) is 32.1 Å². The second kappa shape index (κ2) is 18.1. The quantitative estimate of drug-likeness (QED) is 0.212. The Kier molecular flexibility index (Phi) is 20.5. The molecular formula is C19H41BrClN. The average molecular weight is 399 g/mol. The minimum atomic E-state index is 0. The van der Waals surface area contributed by atoms with Crippen molar-refractivity contribution in [2.24, 2.45) is 0 Å². The summed E-state index contributed by atoms with van der Waals surface area (Å²) in [5.74, 6) is 0.829. The first-order valence-corrected chi connectivity index (χ1v) is 10.2. The molecule has 0 saturated heterocycles. The number of quaternary nitrogens is 1. The standard InChI is InChI=1S/C19H41ClN.BrH/c1-4-7-10-12-17-21(16-9-6-3,19-14-15-20)18-13-11-8-5-2;/h4-19H2,1-3H3;1H/q+1;/p-1. The molecule has 0 aromatic carbocycles. The van der Waals surface area contributed by atoms with Crippen LogP contribution in [0.2, 0.25) is 0 Å². The van der Waals surface area contributed by atoms with E-state index in [0.29, 0.717) is 0 Å². The van der Waals surface area contributed by atoms with Gasteiger partial charge in [0.05, 0.1) is 26.2 Å². The molecular weight excluding hydrogens is 358 g/mol. The summed E-state index contributed by atoms with van der Waals surface area (Å²) in [6.45, 7) is 12.4. The number of alkyl halides is 1.